The molecule has 0 aliphatic heterocycles. The number of aliphatic hydroxyl groups excluding tert-OH is 1. The zero-order valence-corrected chi connectivity index (χ0v) is 28.3. The molecule has 0 radical (unpaired) electrons. The van der Waals surface area contributed by atoms with E-state index >= 15 is 0 Å². The summed E-state index contributed by atoms with van der Waals surface area (Å²) in [6.45, 7) is 4.99. The number of likely N-dealkylation sites (N-methyl/N-ethyl adjacent to an activating group) is 1. The molecule has 8 heteroatoms. The van der Waals surface area contributed by atoms with E-state index in [2.05, 4.69) is 32.5 Å². The van der Waals surface area contributed by atoms with Crippen LogP contribution in [-0.2, 0) is 9.09 Å². The largest absolute Gasteiger partial charge is 1.00 e. The van der Waals surface area contributed by atoms with Gasteiger partial charge in [-0.05, 0) is 19.3 Å². The molecule has 6 nitrogen and oxygen atoms in total. The van der Waals surface area contributed by atoms with Crippen LogP contribution in [0, 0.1) is 0 Å². The van der Waals surface area contributed by atoms with E-state index in [-0.39, 0.29) is 35.6 Å². The molecule has 0 heterocycles. The molecule has 1 N–H and O–H groups in total. The van der Waals surface area contributed by atoms with Crippen molar-refractivity contribution < 1.29 is 58.0 Å². The number of phosphoric acid groups is 1. The number of nitrogens with zero attached hydrogens (tertiary/aromatic N) is 1. The van der Waals surface area contributed by atoms with Gasteiger partial charge in [0.15, 0.2) is 0 Å². The molecule has 0 aromatic carbocycles. The first-order valence-electron chi connectivity index (χ1n) is 15.3. The number of phosphoric ester groups is 1. The zero-order valence-electron chi connectivity index (χ0n) is 25.4. The molecule has 0 saturated carbocycles. The van der Waals surface area contributed by atoms with Gasteiger partial charge in [0.05, 0.1) is 35.1 Å². The summed E-state index contributed by atoms with van der Waals surface area (Å²) in [6.07, 6.45) is 25.2. The van der Waals surface area contributed by atoms with E-state index in [1.807, 2.05) is 0 Å². The first kappa shape index (κ1) is 40.2. The number of aliphatic hydroxyl groups is 1. The number of unbranched alkanes of at least 4 members (excludes halogenated alkanes) is 18. The first-order valence-corrected chi connectivity index (χ1v) is 16.8. The maximum atomic E-state index is 11.0. The van der Waals surface area contributed by atoms with Crippen LogP contribution in [-0.4, -0.2) is 49.0 Å². The summed E-state index contributed by atoms with van der Waals surface area (Å²) in [7, 11) is -0.846. The fraction of sp³-hybridized carbons (Fsp3) is 1.00. The van der Waals surface area contributed by atoms with Gasteiger partial charge in [-0.1, -0.05) is 123 Å². The van der Waals surface area contributed by atoms with Crippen LogP contribution >= 0.6 is 7.82 Å². The van der Waals surface area contributed by atoms with Crippen molar-refractivity contribution in [1.29, 1.82) is 0 Å². The maximum absolute atomic E-state index is 11.0. The molecule has 0 amide bonds. The third kappa shape index (κ3) is 25.7. The topological polar surface area (TPSA) is 92.7 Å². The molecule has 37 heavy (non-hydrogen) atoms. The molecule has 218 valence electrons. The van der Waals surface area contributed by atoms with Gasteiger partial charge >= 0.3 is 29.6 Å². The Balaban J connectivity index is 0. The van der Waals surface area contributed by atoms with Crippen LogP contribution in [0.4, 0.5) is 0 Å². The number of rotatable bonds is 27. The third-order valence-corrected chi connectivity index (χ3v) is 8.15. The Kier molecular flexibility index (Phi) is 28.2. The average molecular weight is 558 g/mol. The molecule has 0 saturated heterocycles. The Hall–Kier alpha value is 1.03. The molecular formula is C29H61NNaO5P. The van der Waals surface area contributed by atoms with Crippen molar-refractivity contribution in [2.24, 2.45) is 0 Å². The van der Waals surface area contributed by atoms with Crippen molar-refractivity contribution in [3.63, 3.8) is 0 Å². The minimum absolute atomic E-state index is 0. The molecule has 2 atom stereocenters. The van der Waals surface area contributed by atoms with Gasteiger partial charge in [-0.2, -0.15) is 0 Å². The van der Waals surface area contributed by atoms with Crippen molar-refractivity contribution in [2.45, 2.75) is 161 Å². The monoisotopic (exact) mass is 557 g/mol. The molecule has 0 aromatic heterocycles. The fourth-order valence-electron chi connectivity index (χ4n) is 5.30. The van der Waals surface area contributed by atoms with Crippen LogP contribution in [0.15, 0.2) is 0 Å². The molecule has 2 unspecified atom stereocenters. The fourth-order valence-corrected chi connectivity index (χ4v) is 5.64. The summed E-state index contributed by atoms with van der Waals surface area (Å²) < 4.78 is 16.0. The first-order chi connectivity index (χ1) is 17.1. The second-order valence-corrected chi connectivity index (χ2v) is 12.7. The Bertz CT molecular complexity index is 532. The Labute approximate surface area is 252 Å². The normalized spacial score (nSPS) is 13.9. The van der Waals surface area contributed by atoms with Crippen molar-refractivity contribution in [2.75, 3.05) is 27.2 Å². The number of quaternary nitrogens is 1. The summed E-state index contributed by atoms with van der Waals surface area (Å²) in [5.41, 5.74) is 0. The van der Waals surface area contributed by atoms with Gasteiger partial charge in [0, 0.05) is 6.42 Å². The average Bonchev–Trinajstić information content (AvgIpc) is 2.81. The predicted molar refractivity (Wildman–Crippen MR) is 149 cm³/mol. The molecule has 0 rings (SSSR count). The van der Waals surface area contributed by atoms with E-state index < -0.39 is 20.5 Å². The Morgan fingerprint density at radius 1 is 0.676 bits per heavy atom. The van der Waals surface area contributed by atoms with Crippen molar-refractivity contribution in [3.05, 3.63) is 0 Å². The predicted octanol–water partition coefficient (Wildman–Crippen LogP) is 3.87. The molecule has 0 aliphatic rings. The van der Waals surface area contributed by atoms with Gasteiger partial charge in [-0.3, -0.25) is 0 Å². The smallest absolute Gasteiger partial charge is 0.790 e. The Morgan fingerprint density at radius 3 is 1.41 bits per heavy atom. The number of hydrogen-bond acceptors (Lipinski definition) is 5. The van der Waals surface area contributed by atoms with Crippen molar-refractivity contribution >= 4 is 7.82 Å². The van der Waals surface area contributed by atoms with Crippen LogP contribution in [0.1, 0.15) is 149 Å². The summed E-state index contributed by atoms with van der Waals surface area (Å²) >= 11 is 0. The standard InChI is InChI=1S/C29H62NO5P.Na/c1-5-7-9-11-13-15-17-19-21-23-25-28(29(31)27-35-36(32,33)34)30(3,4)26-24-22-20-18-16-14-12-10-8-6-2;/h28-29,31H,5-27H2,1-4H3,(H-,32,33,34);/q;+1/p-1. The molecule has 0 spiro atoms. The van der Waals surface area contributed by atoms with E-state index in [1.54, 1.807) is 0 Å². The van der Waals surface area contributed by atoms with Gasteiger partial charge in [0.1, 0.15) is 12.1 Å². The third-order valence-electron chi connectivity index (χ3n) is 7.69. The van der Waals surface area contributed by atoms with E-state index in [4.69, 9.17) is 0 Å². The van der Waals surface area contributed by atoms with Gasteiger partial charge in [-0.25, -0.2) is 0 Å². The molecule has 0 fully saturated rings. The van der Waals surface area contributed by atoms with Gasteiger partial charge in [0.2, 0.25) is 0 Å². The van der Waals surface area contributed by atoms with Gasteiger partial charge in [0.25, 0.3) is 0 Å². The second kappa shape index (κ2) is 26.0. The van der Waals surface area contributed by atoms with Gasteiger partial charge < -0.3 is 28.5 Å². The van der Waals surface area contributed by atoms with E-state index in [9.17, 15) is 19.5 Å². The van der Waals surface area contributed by atoms with Crippen molar-refractivity contribution in [1.82, 2.24) is 0 Å². The quantitative estimate of drug-likeness (QED) is 0.0717. The molecular weight excluding hydrogens is 496 g/mol. The maximum Gasteiger partial charge on any atom is 1.00 e. The van der Waals surface area contributed by atoms with Crippen LogP contribution < -0.4 is 39.3 Å². The van der Waals surface area contributed by atoms with Crippen molar-refractivity contribution in [3.8, 4) is 0 Å². The van der Waals surface area contributed by atoms with Gasteiger partial charge in [-0.15, -0.1) is 0 Å². The number of hydrogen-bond donors (Lipinski definition) is 1. The second-order valence-electron chi connectivity index (χ2n) is 11.5. The molecule has 0 aromatic rings. The van der Waals surface area contributed by atoms with Crippen LogP contribution in [0.2, 0.25) is 0 Å². The minimum Gasteiger partial charge on any atom is -0.790 e. The summed E-state index contributed by atoms with van der Waals surface area (Å²) in [5.74, 6) is 0. The summed E-state index contributed by atoms with van der Waals surface area (Å²) in [4.78, 5) is 21.9. The SMILES string of the molecule is CCCCCCCCCCCCC(C(O)COP(=O)([O-])[O-])[N+](C)(C)CCCCCCCCCCCC.[Na+]. The van der Waals surface area contributed by atoms with Crippen LogP contribution in [0.5, 0.6) is 0 Å². The summed E-state index contributed by atoms with van der Waals surface area (Å²) in [6, 6.07) is -0.135. The Morgan fingerprint density at radius 2 is 1.03 bits per heavy atom. The van der Waals surface area contributed by atoms with Crippen LogP contribution in [0.25, 0.3) is 0 Å². The molecule has 0 aliphatic carbocycles. The zero-order chi connectivity index (χ0) is 27.1. The van der Waals surface area contributed by atoms with E-state index in [1.165, 1.54) is 109 Å². The van der Waals surface area contributed by atoms with E-state index in [0.717, 1.165) is 32.2 Å². The van der Waals surface area contributed by atoms with Crippen LogP contribution in [0.3, 0.4) is 0 Å². The minimum atomic E-state index is -5.08. The molecule has 0 bridgehead atoms. The van der Waals surface area contributed by atoms with E-state index in [0.29, 0.717) is 4.48 Å². The summed E-state index contributed by atoms with van der Waals surface area (Å²) in [5, 5.41) is 10.8.